The van der Waals surface area contributed by atoms with Crippen LogP contribution in [-0.2, 0) is 32.4 Å². The summed E-state index contributed by atoms with van der Waals surface area (Å²) in [6.45, 7) is 5.53. The zero-order valence-electron chi connectivity index (χ0n) is 23.2. The van der Waals surface area contributed by atoms with E-state index in [-0.39, 0.29) is 11.3 Å². The first-order valence-corrected chi connectivity index (χ1v) is 15.1. The lowest BCUT2D eigenvalue weighted by Gasteiger charge is -2.39. The van der Waals surface area contributed by atoms with Gasteiger partial charge in [-0.3, -0.25) is 14.6 Å². The van der Waals surface area contributed by atoms with E-state index in [1.54, 1.807) is 35.1 Å². The summed E-state index contributed by atoms with van der Waals surface area (Å²) in [5.74, 6) is 1.32. The molecule has 1 amide bonds. The van der Waals surface area contributed by atoms with Crippen molar-refractivity contribution in [1.82, 2.24) is 34.6 Å². The number of hydrogen-bond donors (Lipinski definition) is 2. The van der Waals surface area contributed by atoms with Gasteiger partial charge in [0.2, 0.25) is 0 Å². The van der Waals surface area contributed by atoms with Crippen molar-refractivity contribution < 1.29 is 18.0 Å². The molecule has 5 heterocycles. The number of nitrogens with zero attached hydrogens (tertiary/aromatic N) is 5. The molecule has 0 saturated carbocycles. The molecule has 222 valence electrons. The van der Waals surface area contributed by atoms with Crippen molar-refractivity contribution in [1.29, 1.82) is 0 Å². The zero-order chi connectivity index (χ0) is 29.2. The fourth-order valence-electron chi connectivity index (χ4n) is 6.20. The van der Waals surface area contributed by atoms with Gasteiger partial charge in [-0.25, -0.2) is 9.97 Å². The predicted octanol–water partition coefficient (Wildman–Crippen LogP) is 5.54. The maximum absolute atomic E-state index is 13.4. The molecule has 3 aromatic heterocycles. The number of amides is 1. The number of hydrogen-bond acceptors (Lipinski definition) is 6. The second-order valence-electron chi connectivity index (χ2n) is 11.4. The molecule has 0 unspecified atom stereocenters. The molecule has 4 aromatic rings. The van der Waals surface area contributed by atoms with Crippen LogP contribution < -0.4 is 0 Å². The van der Waals surface area contributed by atoms with Crippen LogP contribution in [0.2, 0.25) is 0 Å². The molecule has 8 nitrogen and oxygen atoms in total. The third-order valence-electron chi connectivity index (χ3n) is 8.54. The van der Waals surface area contributed by atoms with Crippen LogP contribution in [0.3, 0.4) is 0 Å². The number of aromatic nitrogens is 4. The number of nitrogens with one attached hydrogen (secondary N) is 2. The number of alkyl halides is 3. The molecular formula is C30H34F3N7OS. The highest BCUT2D eigenvalue weighted by atomic mass is 32.1. The summed E-state index contributed by atoms with van der Waals surface area (Å²) in [4.78, 5) is 34.9. The number of carbonyl (C=O) groups excluding carboxylic acids is 1. The summed E-state index contributed by atoms with van der Waals surface area (Å²) in [6.07, 6.45) is 5.65. The largest absolute Gasteiger partial charge is 0.417 e. The molecule has 1 spiro atoms. The number of carbonyl (C=O) groups is 1. The summed E-state index contributed by atoms with van der Waals surface area (Å²) in [5.41, 5.74) is 1.51. The fraction of sp³-hybridized carbons (Fsp3) is 0.433. The van der Waals surface area contributed by atoms with E-state index < -0.39 is 11.7 Å². The van der Waals surface area contributed by atoms with Crippen molar-refractivity contribution in [2.24, 2.45) is 5.41 Å². The molecule has 2 aliphatic heterocycles. The van der Waals surface area contributed by atoms with Crippen LogP contribution in [0, 0.1) is 5.41 Å². The molecule has 6 rings (SSSR count). The normalized spacial score (nSPS) is 17.7. The van der Waals surface area contributed by atoms with Crippen LogP contribution in [0.4, 0.5) is 13.2 Å². The average molecular weight is 598 g/mol. The van der Waals surface area contributed by atoms with Crippen LogP contribution in [0.1, 0.15) is 57.3 Å². The lowest BCUT2D eigenvalue weighted by molar-refractivity contribution is -0.138. The Morgan fingerprint density at radius 1 is 0.905 bits per heavy atom. The highest BCUT2D eigenvalue weighted by Crippen LogP contribution is 2.42. The highest BCUT2D eigenvalue weighted by molar-refractivity contribution is 7.10. The second kappa shape index (κ2) is 12.0. The second-order valence-corrected chi connectivity index (χ2v) is 12.4. The molecule has 12 heteroatoms. The highest BCUT2D eigenvalue weighted by Gasteiger charge is 2.41. The Morgan fingerprint density at radius 2 is 1.52 bits per heavy atom. The Hall–Kier alpha value is -3.48. The Morgan fingerprint density at radius 3 is 2.10 bits per heavy atom. The maximum atomic E-state index is 13.4. The van der Waals surface area contributed by atoms with E-state index in [4.69, 9.17) is 0 Å². The van der Waals surface area contributed by atoms with Crippen LogP contribution in [0.5, 0.6) is 0 Å². The van der Waals surface area contributed by atoms with Crippen molar-refractivity contribution in [3.63, 3.8) is 0 Å². The van der Waals surface area contributed by atoms with Gasteiger partial charge in [0.15, 0.2) is 0 Å². The minimum absolute atomic E-state index is 0.0915. The molecule has 0 atom stereocenters. The van der Waals surface area contributed by atoms with E-state index in [9.17, 15) is 18.0 Å². The van der Waals surface area contributed by atoms with Crippen LogP contribution >= 0.6 is 11.3 Å². The average Bonchev–Trinajstić information content (AvgIpc) is 3.79. The van der Waals surface area contributed by atoms with Gasteiger partial charge in [0.25, 0.3) is 5.91 Å². The van der Waals surface area contributed by atoms with Gasteiger partial charge < -0.3 is 14.9 Å². The molecular weight excluding hydrogens is 563 g/mol. The Bertz CT molecular complexity index is 1410. The molecule has 2 N–H and O–H groups in total. The van der Waals surface area contributed by atoms with E-state index in [0.29, 0.717) is 41.7 Å². The van der Waals surface area contributed by atoms with Crippen molar-refractivity contribution in [3.8, 4) is 0 Å². The van der Waals surface area contributed by atoms with Gasteiger partial charge in [0.1, 0.15) is 11.6 Å². The van der Waals surface area contributed by atoms with Gasteiger partial charge in [-0.1, -0.05) is 12.1 Å². The summed E-state index contributed by atoms with van der Waals surface area (Å²) in [6, 6.07) is 9.02. The van der Waals surface area contributed by atoms with Crippen LogP contribution in [0.15, 0.2) is 60.5 Å². The number of thiophene rings is 1. The molecule has 1 aromatic carbocycles. The Labute approximate surface area is 246 Å². The predicted molar refractivity (Wildman–Crippen MR) is 153 cm³/mol. The van der Waals surface area contributed by atoms with Crippen molar-refractivity contribution >= 4 is 17.2 Å². The van der Waals surface area contributed by atoms with E-state index in [2.05, 4.69) is 29.7 Å². The maximum Gasteiger partial charge on any atom is 0.417 e. The quantitative estimate of drug-likeness (QED) is 0.265. The summed E-state index contributed by atoms with van der Waals surface area (Å²) >= 11 is 1.20. The number of imidazole rings is 2. The Kier molecular flexibility index (Phi) is 8.19. The minimum Gasteiger partial charge on any atom is -0.347 e. The molecule has 2 saturated heterocycles. The third kappa shape index (κ3) is 6.61. The summed E-state index contributed by atoms with van der Waals surface area (Å²) in [7, 11) is 0. The molecule has 2 fully saturated rings. The van der Waals surface area contributed by atoms with Gasteiger partial charge in [-0.05, 0) is 73.5 Å². The number of H-pyrrole nitrogens is 2. The number of rotatable bonds is 9. The van der Waals surface area contributed by atoms with Gasteiger partial charge >= 0.3 is 6.18 Å². The number of halogens is 3. The number of likely N-dealkylation sites (tertiary alicyclic amines) is 2. The van der Waals surface area contributed by atoms with E-state index in [0.717, 1.165) is 57.5 Å². The molecule has 42 heavy (non-hydrogen) atoms. The first-order chi connectivity index (χ1) is 20.3. The molecule has 2 aliphatic rings. The SMILES string of the molecule is O=C(c1ccc(CN2CCC3(CCN(Cc4sccc4C(F)(F)F)CC3)C2)cc1)N(Cc1ncc[nH]1)Cc1ncc[nH]1. The van der Waals surface area contributed by atoms with Gasteiger partial charge in [0, 0.05) is 54.9 Å². The standard InChI is InChI=1S/C30H34F3N7OS/c31-30(32,33)24-5-16-42-25(24)18-38-13-6-29(7-14-38)8-15-39(21-29)17-22-1-3-23(4-2-22)28(41)40(19-26-34-9-10-35-26)20-27-36-11-12-37-27/h1-5,9-12,16H,6-8,13-15,17-21H2,(H,34,35)(H,36,37). The van der Waals surface area contributed by atoms with E-state index in [1.807, 2.05) is 24.3 Å². The summed E-state index contributed by atoms with van der Waals surface area (Å²) < 4.78 is 39.9. The molecule has 0 bridgehead atoms. The minimum atomic E-state index is -4.29. The third-order valence-corrected chi connectivity index (χ3v) is 9.44. The van der Waals surface area contributed by atoms with Crippen molar-refractivity contribution in [2.45, 2.75) is 51.6 Å². The fourth-order valence-corrected chi connectivity index (χ4v) is 7.13. The van der Waals surface area contributed by atoms with Crippen molar-refractivity contribution in [2.75, 3.05) is 26.2 Å². The van der Waals surface area contributed by atoms with Gasteiger partial charge in [-0.2, -0.15) is 13.2 Å². The Balaban J connectivity index is 1.02. The lowest BCUT2D eigenvalue weighted by atomic mass is 9.78. The summed E-state index contributed by atoms with van der Waals surface area (Å²) in [5, 5.41) is 1.54. The number of benzene rings is 1. The monoisotopic (exact) mass is 597 g/mol. The topological polar surface area (TPSA) is 84.2 Å². The first-order valence-electron chi connectivity index (χ1n) is 14.2. The smallest absolute Gasteiger partial charge is 0.347 e. The van der Waals surface area contributed by atoms with Gasteiger partial charge in [0.05, 0.1) is 18.7 Å². The number of aromatic amines is 2. The van der Waals surface area contributed by atoms with Gasteiger partial charge in [-0.15, -0.1) is 11.3 Å². The first kappa shape index (κ1) is 28.6. The molecule has 0 radical (unpaired) electrons. The van der Waals surface area contributed by atoms with Crippen LogP contribution in [-0.4, -0.2) is 66.7 Å². The lowest BCUT2D eigenvalue weighted by Crippen LogP contribution is -2.41. The zero-order valence-corrected chi connectivity index (χ0v) is 24.1. The van der Waals surface area contributed by atoms with E-state index in [1.165, 1.54) is 17.4 Å². The van der Waals surface area contributed by atoms with Crippen molar-refractivity contribution in [3.05, 3.63) is 93.7 Å². The van der Waals surface area contributed by atoms with Crippen LogP contribution in [0.25, 0.3) is 0 Å². The molecule has 0 aliphatic carbocycles. The number of piperidine rings is 1. The van der Waals surface area contributed by atoms with E-state index >= 15 is 0 Å².